The number of likely N-dealkylation sites (tertiary alicyclic amines) is 1. The van der Waals surface area contributed by atoms with Gasteiger partial charge in [0.15, 0.2) is 0 Å². The van der Waals surface area contributed by atoms with Gasteiger partial charge in [0, 0.05) is 32.5 Å². The molecule has 8 heteroatoms. The van der Waals surface area contributed by atoms with Crippen molar-refractivity contribution >= 4 is 18.1 Å². The van der Waals surface area contributed by atoms with E-state index < -0.39 is 17.7 Å². The number of rotatable bonds is 6. The van der Waals surface area contributed by atoms with Crippen LogP contribution in [0.5, 0.6) is 0 Å². The van der Waals surface area contributed by atoms with Crippen LogP contribution in [-0.2, 0) is 14.3 Å². The molecule has 26 heavy (non-hydrogen) atoms. The molecule has 2 rings (SSSR count). The van der Waals surface area contributed by atoms with Crippen molar-refractivity contribution in [3.8, 4) is 0 Å². The number of carbonyl (C=O) groups is 3. The van der Waals surface area contributed by atoms with Crippen LogP contribution in [0.1, 0.15) is 46.5 Å². The Morgan fingerprint density at radius 3 is 2.42 bits per heavy atom. The van der Waals surface area contributed by atoms with Crippen molar-refractivity contribution in [1.29, 1.82) is 0 Å². The minimum atomic E-state index is -0.644. The molecule has 0 aromatic carbocycles. The van der Waals surface area contributed by atoms with E-state index in [0.29, 0.717) is 38.4 Å². The van der Waals surface area contributed by atoms with Crippen LogP contribution in [0.4, 0.5) is 9.59 Å². The molecule has 0 unspecified atom stereocenters. The molecule has 0 aromatic rings. The monoisotopic (exact) mass is 369 g/mol. The van der Waals surface area contributed by atoms with Gasteiger partial charge < -0.3 is 24.6 Å². The first-order valence-corrected chi connectivity index (χ1v) is 9.45. The van der Waals surface area contributed by atoms with Crippen molar-refractivity contribution in [2.75, 3.05) is 33.3 Å². The molecular formula is C18H31N3O5. The van der Waals surface area contributed by atoms with E-state index in [2.05, 4.69) is 23.9 Å². The van der Waals surface area contributed by atoms with Gasteiger partial charge in [0.2, 0.25) is 5.91 Å². The summed E-state index contributed by atoms with van der Waals surface area (Å²) in [6, 6.07) is -0.644. The van der Waals surface area contributed by atoms with Crippen molar-refractivity contribution in [1.82, 2.24) is 15.1 Å². The Labute approximate surface area is 155 Å². The minimum absolute atomic E-state index is 0.150. The van der Waals surface area contributed by atoms with Gasteiger partial charge in [0.05, 0.1) is 13.7 Å². The molecule has 1 N–H and O–H groups in total. The summed E-state index contributed by atoms with van der Waals surface area (Å²) in [6.07, 6.45) is 2.46. The van der Waals surface area contributed by atoms with Gasteiger partial charge in [0.25, 0.3) is 0 Å². The second-order valence-corrected chi connectivity index (χ2v) is 7.30. The van der Waals surface area contributed by atoms with Gasteiger partial charge in [-0.3, -0.25) is 4.79 Å². The zero-order valence-corrected chi connectivity index (χ0v) is 16.2. The number of hydrogen-bond donors (Lipinski definition) is 1. The lowest BCUT2D eigenvalue weighted by Crippen LogP contribution is -2.53. The smallest absolute Gasteiger partial charge is 0.410 e. The number of nitrogens with one attached hydrogen (secondary N) is 1. The molecular weight excluding hydrogens is 338 g/mol. The van der Waals surface area contributed by atoms with Crippen molar-refractivity contribution in [2.24, 2.45) is 5.92 Å². The zero-order chi connectivity index (χ0) is 19.3. The maximum atomic E-state index is 12.4. The van der Waals surface area contributed by atoms with E-state index in [1.165, 1.54) is 7.11 Å². The normalized spacial score (nSPS) is 20.3. The summed E-state index contributed by atoms with van der Waals surface area (Å²) in [5.41, 5.74) is -0.487. The number of methoxy groups -OCH3 is 1. The molecule has 2 aliphatic heterocycles. The molecule has 2 heterocycles. The Kier molecular flexibility index (Phi) is 6.72. The number of hydrogen-bond acceptors (Lipinski definition) is 5. The third-order valence-electron chi connectivity index (χ3n) is 5.55. The topological polar surface area (TPSA) is 88.2 Å². The van der Waals surface area contributed by atoms with Crippen LogP contribution >= 0.6 is 0 Å². The minimum Gasteiger partial charge on any atom is -0.453 e. The van der Waals surface area contributed by atoms with E-state index >= 15 is 0 Å². The number of ether oxygens (including phenoxy) is 2. The number of carbonyl (C=O) groups excluding carboxylic acids is 3. The van der Waals surface area contributed by atoms with Gasteiger partial charge in [0.1, 0.15) is 11.6 Å². The van der Waals surface area contributed by atoms with Crippen molar-refractivity contribution in [3.63, 3.8) is 0 Å². The van der Waals surface area contributed by atoms with Crippen LogP contribution in [0.25, 0.3) is 0 Å². The summed E-state index contributed by atoms with van der Waals surface area (Å²) in [5.74, 6) is 0.341. The van der Waals surface area contributed by atoms with Crippen LogP contribution in [0.3, 0.4) is 0 Å². The lowest BCUT2D eigenvalue weighted by molar-refractivity contribution is -0.136. The summed E-state index contributed by atoms with van der Waals surface area (Å²) in [4.78, 5) is 39.5. The molecule has 0 aromatic heterocycles. The summed E-state index contributed by atoms with van der Waals surface area (Å²) in [6.45, 7) is 8.27. The van der Waals surface area contributed by atoms with E-state index in [1.54, 1.807) is 11.8 Å². The Bertz CT molecular complexity index is 527. The standard InChI is InChI=1S/C18H31N3O5/c1-5-14(6-2)11-21-12-18(26-17(21)24)7-9-20(10-8-18)15(22)13(3)19-16(23)25-4/h13-14H,5-12H2,1-4H3,(H,19,23)/t13-/m1/s1. The summed E-state index contributed by atoms with van der Waals surface area (Å²) in [5, 5.41) is 2.49. The summed E-state index contributed by atoms with van der Waals surface area (Å²) >= 11 is 0. The Hall–Kier alpha value is -1.99. The summed E-state index contributed by atoms with van der Waals surface area (Å²) in [7, 11) is 1.26. The highest BCUT2D eigenvalue weighted by molar-refractivity contribution is 5.85. The third kappa shape index (κ3) is 4.59. The van der Waals surface area contributed by atoms with Crippen molar-refractivity contribution < 1.29 is 23.9 Å². The lowest BCUT2D eigenvalue weighted by atomic mass is 9.90. The SMILES string of the molecule is CCC(CC)CN1CC2(CCN(C(=O)[C@@H](C)NC(=O)OC)CC2)OC1=O. The number of piperidine rings is 1. The maximum absolute atomic E-state index is 12.4. The van der Waals surface area contributed by atoms with Crippen LogP contribution in [-0.4, -0.2) is 72.8 Å². The van der Waals surface area contributed by atoms with Crippen molar-refractivity contribution in [3.05, 3.63) is 0 Å². The fraction of sp³-hybridized carbons (Fsp3) is 0.833. The van der Waals surface area contributed by atoms with E-state index in [1.807, 2.05) is 4.90 Å². The maximum Gasteiger partial charge on any atom is 0.410 e. The van der Waals surface area contributed by atoms with Gasteiger partial charge >= 0.3 is 12.2 Å². The van der Waals surface area contributed by atoms with Crippen LogP contribution in [0.2, 0.25) is 0 Å². The van der Waals surface area contributed by atoms with E-state index in [0.717, 1.165) is 19.4 Å². The molecule has 0 radical (unpaired) electrons. The van der Waals surface area contributed by atoms with Crippen LogP contribution in [0.15, 0.2) is 0 Å². The van der Waals surface area contributed by atoms with E-state index in [9.17, 15) is 14.4 Å². The Balaban J connectivity index is 1.88. The summed E-state index contributed by atoms with van der Waals surface area (Å²) < 4.78 is 10.2. The molecule has 0 aliphatic carbocycles. The second-order valence-electron chi connectivity index (χ2n) is 7.30. The molecule has 1 spiro atoms. The fourth-order valence-electron chi connectivity index (χ4n) is 3.66. The highest BCUT2D eigenvalue weighted by Crippen LogP contribution is 2.34. The number of nitrogens with zero attached hydrogens (tertiary/aromatic N) is 2. The molecule has 8 nitrogen and oxygen atoms in total. The molecule has 2 fully saturated rings. The molecule has 3 amide bonds. The number of alkyl carbamates (subject to hydrolysis) is 1. The van der Waals surface area contributed by atoms with Gasteiger partial charge in [-0.25, -0.2) is 9.59 Å². The highest BCUT2D eigenvalue weighted by atomic mass is 16.6. The molecule has 1 atom stereocenters. The molecule has 0 bridgehead atoms. The van der Waals surface area contributed by atoms with Gasteiger partial charge in [-0.1, -0.05) is 26.7 Å². The van der Waals surface area contributed by atoms with Crippen LogP contribution < -0.4 is 5.32 Å². The first kappa shape index (κ1) is 20.3. The highest BCUT2D eigenvalue weighted by Gasteiger charge is 2.47. The van der Waals surface area contributed by atoms with E-state index in [4.69, 9.17) is 4.74 Å². The first-order chi connectivity index (χ1) is 12.3. The Morgan fingerprint density at radius 2 is 1.88 bits per heavy atom. The Morgan fingerprint density at radius 1 is 1.27 bits per heavy atom. The molecule has 2 aliphatic rings. The predicted octanol–water partition coefficient (Wildman–Crippen LogP) is 1.98. The lowest BCUT2D eigenvalue weighted by Gasteiger charge is -2.38. The third-order valence-corrected chi connectivity index (χ3v) is 5.55. The van der Waals surface area contributed by atoms with Gasteiger partial charge in [-0.15, -0.1) is 0 Å². The fourth-order valence-corrected chi connectivity index (χ4v) is 3.66. The second kappa shape index (κ2) is 8.60. The van der Waals surface area contributed by atoms with Crippen molar-refractivity contribution in [2.45, 2.75) is 58.1 Å². The molecule has 2 saturated heterocycles. The number of amides is 3. The average Bonchev–Trinajstić information content (AvgIpc) is 2.94. The van der Waals surface area contributed by atoms with Crippen LogP contribution in [0, 0.1) is 5.92 Å². The van der Waals surface area contributed by atoms with Gasteiger partial charge in [-0.05, 0) is 12.8 Å². The first-order valence-electron chi connectivity index (χ1n) is 9.45. The quantitative estimate of drug-likeness (QED) is 0.773. The van der Waals surface area contributed by atoms with E-state index in [-0.39, 0.29) is 12.0 Å². The predicted molar refractivity (Wildman–Crippen MR) is 95.7 cm³/mol. The molecule has 148 valence electrons. The molecule has 0 saturated carbocycles. The zero-order valence-electron chi connectivity index (χ0n) is 16.2. The van der Waals surface area contributed by atoms with Gasteiger partial charge in [-0.2, -0.15) is 0 Å². The average molecular weight is 369 g/mol. The largest absolute Gasteiger partial charge is 0.453 e.